The SMILES string of the molecule is CCc1ccccc1NC(=O)CN(C)CC(=O)Nc1ccc(Cl)cc1[N+](=O)[O-]. The molecule has 2 amide bonds. The van der Waals surface area contributed by atoms with Gasteiger partial charge in [0.1, 0.15) is 5.69 Å². The van der Waals surface area contributed by atoms with E-state index in [1.54, 1.807) is 7.05 Å². The van der Waals surface area contributed by atoms with Gasteiger partial charge in [0.25, 0.3) is 5.69 Å². The largest absolute Gasteiger partial charge is 0.325 e. The van der Waals surface area contributed by atoms with Crippen LogP contribution >= 0.6 is 11.6 Å². The third-order valence-corrected chi connectivity index (χ3v) is 4.17. The number of nitrogens with one attached hydrogen (secondary N) is 2. The molecule has 9 heteroatoms. The Kier molecular flexibility index (Phi) is 7.48. The van der Waals surface area contributed by atoms with Crippen molar-refractivity contribution in [3.63, 3.8) is 0 Å². The number of rotatable bonds is 8. The molecule has 28 heavy (non-hydrogen) atoms. The van der Waals surface area contributed by atoms with E-state index in [0.717, 1.165) is 17.7 Å². The second-order valence-electron chi connectivity index (χ2n) is 6.20. The monoisotopic (exact) mass is 404 g/mol. The second-order valence-corrected chi connectivity index (χ2v) is 6.63. The summed E-state index contributed by atoms with van der Waals surface area (Å²) in [6.07, 6.45) is 0.786. The standard InChI is InChI=1S/C19H21ClN4O4/c1-3-13-6-4-5-7-15(13)21-18(25)11-23(2)12-19(26)22-16-9-8-14(20)10-17(16)24(27)28/h4-10H,3,11-12H2,1-2H3,(H,21,25)(H,22,26). The van der Waals surface area contributed by atoms with Gasteiger partial charge >= 0.3 is 0 Å². The molecule has 0 bridgehead atoms. The third kappa shape index (κ3) is 6.04. The maximum atomic E-state index is 12.2. The number of aryl methyl sites for hydroxylation is 1. The Hall–Kier alpha value is -2.97. The summed E-state index contributed by atoms with van der Waals surface area (Å²) in [4.78, 5) is 36.4. The minimum absolute atomic E-state index is 0.00577. The summed E-state index contributed by atoms with van der Waals surface area (Å²) in [6, 6.07) is 11.5. The number of carbonyl (C=O) groups excluding carboxylic acids is 2. The summed E-state index contributed by atoms with van der Waals surface area (Å²) in [5, 5.41) is 16.6. The molecule has 0 fully saturated rings. The maximum absolute atomic E-state index is 12.2. The minimum Gasteiger partial charge on any atom is -0.325 e. The molecule has 0 unspecified atom stereocenters. The van der Waals surface area contributed by atoms with Gasteiger partial charge in [-0.05, 0) is 37.2 Å². The van der Waals surface area contributed by atoms with E-state index in [1.165, 1.54) is 23.1 Å². The molecule has 0 saturated carbocycles. The van der Waals surface area contributed by atoms with Gasteiger partial charge in [-0.25, -0.2) is 0 Å². The number of likely N-dealkylation sites (N-methyl/N-ethyl adjacent to an activating group) is 1. The van der Waals surface area contributed by atoms with E-state index in [2.05, 4.69) is 10.6 Å². The van der Waals surface area contributed by atoms with Crippen LogP contribution in [0.25, 0.3) is 0 Å². The Labute approximate surface area is 167 Å². The first-order chi connectivity index (χ1) is 13.3. The first-order valence-electron chi connectivity index (χ1n) is 8.60. The molecular formula is C19H21ClN4O4. The summed E-state index contributed by atoms with van der Waals surface area (Å²) in [5.41, 5.74) is 1.52. The molecule has 0 atom stereocenters. The topological polar surface area (TPSA) is 105 Å². The summed E-state index contributed by atoms with van der Waals surface area (Å²) >= 11 is 5.76. The van der Waals surface area contributed by atoms with Crippen molar-refractivity contribution in [2.75, 3.05) is 30.8 Å². The van der Waals surface area contributed by atoms with Crippen LogP contribution in [0.5, 0.6) is 0 Å². The molecule has 0 heterocycles. The average molecular weight is 405 g/mol. The molecule has 2 rings (SSSR count). The van der Waals surface area contributed by atoms with E-state index in [-0.39, 0.29) is 35.4 Å². The van der Waals surface area contributed by atoms with Gasteiger partial charge in [-0.3, -0.25) is 24.6 Å². The third-order valence-electron chi connectivity index (χ3n) is 3.93. The zero-order valence-electron chi connectivity index (χ0n) is 15.6. The molecule has 2 aromatic carbocycles. The number of hydrogen-bond acceptors (Lipinski definition) is 5. The number of amides is 2. The predicted octanol–water partition coefficient (Wildman–Crippen LogP) is 3.32. The maximum Gasteiger partial charge on any atom is 0.294 e. The molecule has 0 aliphatic carbocycles. The van der Waals surface area contributed by atoms with Crippen LogP contribution in [-0.4, -0.2) is 41.8 Å². The summed E-state index contributed by atoms with van der Waals surface area (Å²) < 4.78 is 0. The number of halogens is 1. The lowest BCUT2D eigenvalue weighted by atomic mass is 10.1. The highest BCUT2D eigenvalue weighted by Gasteiger charge is 2.18. The molecule has 2 N–H and O–H groups in total. The fraction of sp³-hybridized carbons (Fsp3) is 0.263. The van der Waals surface area contributed by atoms with Crippen LogP contribution in [0.4, 0.5) is 17.1 Å². The van der Waals surface area contributed by atoms with Crippen molar-refractivity contribution in [3.05, 3.63) is 63.2 Å². The number of nitro benzene ring substituents is 1. The Balaban J connectivity index is 1.92. The smallest absolute Gasteiger partial charge is 0.294 e. The fourth-order valence-corrected chi connectivity index (χ4v) is 2.80. The van der Waals surface area contributed by atoms with Crippen molar-refractivity contribution in [2.45, 2.75) is 13.3 Å². The zero-order chi connectivity index (χ0) is 20.7. The van der Waals surface area contributed by atoms with Crippen molar-refractivity contribution in [2.24, 2.45) is 0 Å². The lowest BCUT2D eigenvalue weighted by Crippen LogP contribution is -2.36. The molecule has 8 nitrogen and oxygen atoms in total. The van der Waals surface area contributed by atoms with Crippen molar-refractivity contribution < 1.29 is 14.5 Å². The molecular weight excluding hydrogens is 384 g/mol. The fourth-order valence-electron chi connectivity index (χ4n) is 2.64. The van der Waals surface area contributed by atoms with Crippen LogP contribution in [0.3, 0.4) is 0 Å². The van der Waals surface area contributed by atoms with Crippen molar-refractivity contribution in [1.82, 2.24) is 4.90 Å². The van der Waals surface area contributed by atoms with E-state index in [9.17, 15) is 19.7 Å². The van der Waals surface area contributed by atoms with Crippen LogP contribution in [0.2, 0.25) is 5.02 Å². The first-order valence-corrected chi connectivity index (χ1v) is 8.98. The van der Waals surface area contributed by atoms with E-state index < -0.39 is 10.8 Å². The molecule has 0 saturated heterocycles. The number of hydrogen-bond donors (Lipinski definition) is 2. The second kappa shape index (κ2) is 9.82. The van der Waals surface area contributed by atoms with Crippen molar-refractivity contribution in [1.29, 1.82) is 0 Å². The average Bonchev–Trinajstić information content (AvgIpc) is 2.63. The van der Waals surface area contributed by atoms with E-state index in [0.29, 0.717) is 0 Å². The number of nitrogens with zero attached hydrogens (tertiary/aromatic N) is 2. The highest BCUT2D eigenvalue weighted by atomic mass is 35.5. The molecule has 0 radical (unpaired) electrons. The summed E-state index contributed by atoms with van der Waals surface area (Å²) in [7, 11) is 1.61. The molecule has 0 aromatic heterocycles. The Morgan fingerprint density at radius 3 is 2.29 bits per heavy atom. The van der Waals surface area contributed by atoms with Gasteiger partial charge in [-0.1, -0.05) is 36.7 Å². The predicted molar refractivity (Wildman–Crippen MR) is 109 cm³/mol. The first kappa shape index (κ1) is 21.3. The number of nitro groups is 1. The Bertz CT molecular complexity index is 888. The van der Waals surface area contributed by atoms with Crippen LogP contribution < -0.4 is 10.6 Å². The summed E-state index contributed by atoms with van der Waals surface area (Å²) in [6.45, 7) is 1.88. The van der Waals surface area contributed by atoms with Gasteiger partial charge in [-0.2, -0.15) is 0 Å². The molecule has 0 aliphatic heterocycles. The van der Waals surface area contributed by atoms with Crippen LogP contribution in [0.15, 0.2) is 42.5 Å². The lowest BCUT2D eigenvalue weighted by molar-refractivity contribution is -0.383. The van der Waals surface area contributed by atoms with Crippen LogP contribution in [0, 0.1) is 10.1 Å². The highest BCUT2D eigenvalue weighted by molar-refractivity contribution is 6.31. The number of para-hydroxylation sites is 1. The molecule has 0 aliphatic rings. The van der Waals surface area contributed by atoms with Gasteiger partial charge in [0.2, 0.25) is 11.8 Å². The number of anilines is 2. The number of benzene rings is 2. The van der Waals surface area contributed by atoms with Gasteiger partial charge in [-0.15, -0.1) is 0 Å². The van der Waals surface area contributed by atoms with Gasteiger partial charge < -0.3 is 10.6 Å². The lowest BCUT2D eigenvalue weighted by Gasteiger charge is -2.17. The molecule has 148 valence electrons. The van der Waals surface area contributed by atoms with Gasteiger partial charge in [0.15, 0.2) is 0 Å². The Morgan fingerprint density at radius 1 is 1.07 bits per heavy atom. The van der Waals surface area contributed by atoms with E-state index in [1.807, 2.05) is 31.2 Å². The number of carbonyl (C=O) groups is 2. The van der Waals surface area contributed by atoms with Crippen LogP contribution in [-0.2, 0) is 16.0 Å². The van der Waals surface area contributed by atoms with Gasteiger partial charge in [0.05, 0.1) is 18.0 Å². The minimum atomic E-state index is -0.621. The van der Waals surface area contributed by atoms with E-state index >= 15 is 0 Å². The van der Waals surface area contributed by atoms with Gasteiger partial charge in [0, 0.05) is 16.8 Å². The normalized spacial score (nSPS) is 10.6. The highest BCUT2D eigenvalue weighted by Crippen LogP contribution is 2.27. The molecule has 2 aromatic rings. The van der Waals surface area contributed by atoms with E-state index in [4.69, 9.17) is 11.6 Å². The quantitative estimate of drug-likeness (QED) is 0.518. The van der Waals surface area contributed by atoms with Crippen molar-refractivity contribution in [3.8, 4) is 0 Å². The summed E-state index contributed by atoms with van der Waals surface area (Å²) in [5.74, 6) is -0.733. The van der Waals surface area contributed by atoms with Crippen LogP contribution in [0.1, 0.15) is 12.5 Å². The van der Waals surface area contributed by atoms with Crippen molar-refractivity contribution >= 4 is 40.5 Å². The Morgan fingerprint density at radius 2 is 1.68 bits per heavy atom. The molecule has 0 spiro atoms. The zero-order valence-corrected chi connectivity index (χ0v) is 16.3.